The molecule has 0 saturated carbocycles. The maximum atomic E-state index is 6.16. The fourth-order valence-corrected chi connectivity index (χ4v) is 2.08. The molecule has 0 aliphatic rings. The first kappa shape index (κ1) is 15.6. The minimum Gasteiger partial charge on any atom is -0.366 e. The van der Waals surface area contributed by atoms with Crippen LogP contribution < -0.4 is 10.6 Å². The Morgan fingerprint density at radius 1 is 1.14 bits per heavy atom. The SMILES string of the molecule is Cc1cc(NCc2ccccc2Cl)nc(NC(C)(C)C)n1. The van der Waals surface area contributed by atoms with Crippen LogP contribution in [0.15, 0.2) is 30.3 Å². The van der Waals surface area contributed by atoms with Gasteiger partial charge in [-0.15, -0.1) is 0 Å². The van der Waals surface area contributed by atoms with E-state index in [0.717, 1.165) is 22.1 Å². The molecular weight excluding hydrogens is 284 g/mol. The van der Waals surface area contributed by atoms with Crippen LogP contribution in [0.1, 0.15) is 32.0 Å². The molecular formula is C16H21ClN4. The van der Waals surface area contributed by atoms with Gasteiger partial charge in [-0.2, -0.15) is 4.98 Å². The molecule has 0 atom stereocenters. The zero-order valence-electron chi connectivity index (χ0n) is 12.9. The second-order valence-corrected chi connectivity index (χ2v) is 6.45. The van der Waals surface area contributed by atoms with E-state index in [-0.39, 0.29) is 5.54 Å². The number of nitrogens with one attached hydrogen (secondary N) is 2. The average molecular weight is 305 g/mol. The van der Waals surface area contributed by atoms with Crippen molar-refractivity contribution >= 4 is 23.4 Å². The van der Waals surface area contributed by atoms with Crippen molar-refractivity contribution in [2.75, 3.05) is 10.6 Å². The number of hydrogen-bond donors (Lipinski definition) is 2. The van der Waals surface area contributed by atoms with Crippen LogP contribution in [0, 0.1) is 6.92 Å². The molecule has 5 heteroatoms. The predicted molar refractivity (Wildman–Crippen MR) is 88.9 cm³/mol. The number of benzene rings is 1. The molecule has 0 bridgehead atoms. The van der Waals surface area contributed by atoms with Crippen molar-refractivity contribution in [1.29, 1.82) is 0 Å². The summed E-state index contributed by atoms with van der Waals surface area (Å²) in [5.41, 5.74) is 1.88. The Morgan fingerprint density at radius 2 is 1.86 bits per heavy atom. The Hall–Kier alpha value is -1.81. The molecule has 0 amide bonds. The molecule has 4 nitrogen and oxygen atoms in total. The monoisotopic (exact) mass is 304 g/mol. The highest BCUT2D eigenvalue weighted by Gasteiger charge is 2.12. The van der Waals surface area contributed by atoms with Gasteiger partial charge >= 0.3 is 0 Å². The summed E-state index contributed by atoms with van der Waals surface area (Å²) in [7, 11) is 0. The third-order valence-electron chi connectivity index (χ3n) is 2.76. The summed E-state index contributed by atoms with van der Waals surface area (Å²) >= 11 is 6.16. The van der Waals surface area contributed by atoms with Crippen molar-refractivity contribution in [3.8, 4) is 0 Å². The van der Waals surface area contributed by atoms with Crippen molar-refractivity contribution in [2.45, 2.75) is 39.8 Å². The van der Waals surface area contributed by atoms with E-state index in [2.05, 4.69) is 41.4 Å². The quantitative estimate of drug-likeness (QED) is 0.886. The number of rotatable bonds is 4. The Labute approximate surface area is 131 Å². The summed E-state index contributed by atoms with van der Waals surface area (Å²) in [6, 6.07) is 9.70. The van der Waals surface area contributed by atoms with Crippen molar-refractivity contribution in [3.63, 3.8) is 0 Å². The Morgan fingerprint density at radius 3 is 2.52 bits per heavy atom. The molecule has 0 spiro atoms. The van der Waals surface area contributed by atoms with E-state index in [1.807, 2.05) is 37.3 Å². The lowest BCUT2D eigenvalue weighted by atomic mass is 10.1. The highest BCUT2D eigenvalue weighted by Crippen LogP contribution is 2.18. The molecule has 2 rings (SSSR count). The number of nitrogens with zero attached hydrogens (tertiary/aromatic N) is 2. The van der Waals surface area contributed by atoms with Gasteiger partial charge in [-0.1, -0.05) is 29.8 Å². The number of anilines is 2. The van der Waals surface area contributed by atoms with Gasteiger partial charge in [-0.3, -0.25) is 0 Å². The molecule has 2 aromatic rings. The zero-order valence-corrected chi connectivity index (χ0v) is 13.6. The van der Waals surface area contributed by atoms with Crippen molar-refractivity contribution in [1.82, 2.24) is 9.97 Å². The van der Waals surface area contributed by atoms with E-state index in [1.54, 1.807) is 0 Å². The third kappa shape index (κ3) is 4.90. The maximum Gasteiger partial charge on any atom is 0.225 e. The fraction of sp³-hybridized carbons (Fsp3) is 0.375. The molecule has 112 valence electrons. The number of halogens is 1. The van der Waals surface area contributed by atoms with Crippen LogP contribution in [0.3, 0.4) is 0 Å². The van der Waals surface area contributed by atoms with E-state index < -0.39 is 0 Å². The van der Waals surface area contributed by atoms with Gasteiger partial charge in [0.25, 0.3) is 0 Å². The van der Waals surface area contributed by atoms with Crippen LogP contribution in [0.25, 0.3) is 0 Å². The fourth-order valence-electron chi connectivity index (χ4n) is 1.88. The molecule has 21 heavy (non-hydrogen) atoms. The first-order valence-electron chi connectivity index (χ1n) is 6.95. The van der Waals surface area contributed by atoms with E-state index >= 15 is 0 Å². The van der Waals surface area contributed by atoms with Gasteiger partial charge in [0.2, 0.25) is 5.95 Å². The van der Waals surface area contributed by atoms with Crippen molar-refractivity contribution in [2.24, 2.45) is 0 Å². The molecule has 1 aromatic carbocycles. The number of hydrogen-bond acceptors (Lipinski definition) is 4. The Balaban J connectivity index is 2.12. The first-order valence-corrected chi connectivity index (χ1v) is 7.32. The predicted octanol–water partition coefficient (Wildman–Crippen LogP) is 4.26. The molecule has 1 heterocycles. The van der Waals surface area contributed by atoms with Crippen LogP contribution >= 0.6 is 11.6 Å². The molecule has 2 N–H and O–H groups in total. The highest BCUT2D eigenvalue weighted by atomic mass is 35.5. The molecule has 0 aliphatic carbocycles. The van der Waals surface area contributed by atoms with E-state index in [1.165, 1.54) is 0 Å². The maximum absolute atomic E-state index is 6.16. The second kappa shape index (κ2) is 6.31. The van der Waals surface area contributed by atoms with Crippen LogP contribution in [0.5, 0.6) is 0 Å². The number of aromatic nitrogens is 2. The van der Waals surface area contributed by atoms with E-state index in [9.17, 15) is 0 Å². The average Bonchev–Trinajstić information content (AvgIpc) is 2.35. The van der Waals surface area contributed by atoms with Gasteiger partial charge in [0.15, 0.2) is 0 Å². The van der Waals surface area contributed by atoms with Crippen LogP contribution in [-0.4, -0.2) is 15.5 Å². The summed E-state index contributed by atoms with van der Waals surface area (Å²) in [5.74, 6) is 1.42. The lowest BCUT2D eigenvalue weighted by Crippen LogP contribution is -2.27. The van der Waals surface area contributed by atoms with Crippen molar-refractivity contribution in [3.05, 3.63) is 46.6 Å². The second-order valence-electron chi connectivity index (χ2n) is 6.04. The van der Waals surface area contributed by atoms with Gasteiger partial charge in [0, 0.05) is 28.9 Å². The van der Waals surface area contributed by atoms with Crippen LogP contribution in [0.4, 0.5) is 11.8 Å². The largest absolute Gasteiger partial charge is 0.366 e. The lowest BCUT2D eigenvalue weighted by Gasteiger charge is -2.21. The van der Waals surface area contributed by atoms with Gasteiger partial charge in [0.1, 0.15) is 5.82 Å². The standard InChI is InChI=1S/C16H21ClN4/c1-11-9-14(20-15(19-11)21-16(2,3)4)18-10-12-7-5-6-8-13(12)17/h5-9H,10H2,1-4H3,(H2,18,19,20,21). The Kier molecular flexibility index (Phi) is 4.68. The normalized spacial score (nSPS) is 11.3. The summed E-state index contributed by atoms with van der Waals surface area (Å²) in [6.45, 7) is 8.82. The topological polar surface area (TPSA) is 49.8 Å². The van der Waals surface area contributed by atoms with E-state index in [4.69, 9.17) is 11.6 Å². The zero-order chi connectivity index (χ0) is 15.5. The van der Waals surface area contributed by atoms with Crippen LogP contribution in [0.2, 0.25) is 5.02 Å². The Bertz CT molecular complexity index is 620. The van der Waals surface area contributed by atoms with Gasteiger partial charge in [-0.25, -0.2) is 4.98 Å². The minimum absolute atomic E-state index is 0.0756. The third-order valence-corrected chi connectivity index (χ3v) is 3.13. The number of aryl methyl sites for hydroxylation is 1. The van der Waals surface area contributed by atoms with Gasteiger partial charge in [0.05, 0.1) is 0 Å². The smallest absolute Gasteiger partial charge is 0.225 e. The van der Waals surface area contributed by atoms with Gasteiger partial charge in [-0.05, 0) is 39.3 Å². The summed E-state index contributed by atoms with van der Waals surface area (Å²) in [5, 5.41) is 7.33. The highest BCUT2D eigenvalue weighted by molar-refractivity contribution is 6.31. The first-order chi connectivity index (χ1) is 9.83. The van der Waals surface area contributed by atoms with Gasteiger partial charge < -0.3 is 10.6 Å². The molecule has 0 unspecified atom stereocenters. The molecule has 0 saturated heterocycles. The molecule has 0 aliphatic heterocycles. The summed E-state index contributed by atoms with van der Waals surface area (Å²) in [6.07, 6.45) is 0. The summed E-state index contributed by atoms with van der Waals surface area (Å²) in [4.78, 5) is 8.89. The summed E-state index contributed by atoms with van der Waals surface area (Å²) < 4.78 is 0. The lowest BCUT2D eigenvalue weighted by molar-refractivity contribution is 0.625. The van der Waals surface area contributed by atoms with E-state index in [0.29, 0.717) is 12.5 Å². The van der Waals surface area contributed by atoms with Crippen molar-refractivity contribution < 1.29 is 0 Å². The molecule has 1 aromatic heterocycles. The molecule has 0 fully saturated rings. The minimum atomic E-state index is -0.0756. The van der Waals surface area contributed by atoms with Crippen LogP contribution in [-0.2, 0) is 6.54 Å². The molecule has 0 radical (unpaired) electrons.